The van der Waals surface area contributed by atoms with Gasteiger partial charge in [-0.2, -0.15) is 0 Å². The molecule has 2 rings (SSSR count). The fraction of sp³-hybridized carbons (Fsp3) is 0.833. The number of hydrogen-bond acceptors (Lipinski definition) is 3. The predicted molar refractivity (Wildman–Crippen MR) is 64.4 cm³/mol. The van der Waals surface area contributed by atoms with Gasteiger partial charge >= 0.3 is 0 Å². The van der Waals surface area contributed by atoms with Crippen molar-refractivity contribution in [3.63, 3.8) is 0 Å². The third-order valence-corrected chi connectivity index (χ3v) is 3.75. The van der Waals surface area contributed by atoms with E-state index >= 15 is 0 Å². The van der Waals surface area contributed by atoms with E-state index in [2.05, 4.69) is 11.9 Å². The quantitative estimate of drug-likeness (QED) is 0.660. The topological polar surface area (TPSA) is 43.9 Å². The first-order valence-electron chi connectivity index (χ1n) is 6.33. The molecular weight excluding hydrogens is 218 g/mol. The smallest absolute Gasteiger partial charge is 0.242 e. The van der Waals surface area contributed by atoms with E-state index < -0.39 is 0 Å². The normalized spacial score (nSPS) is 26.7. The van der Waals surface area contributed by atoms with Gasteiger partial charge in [-0.15, -0.1) is 0 Å². The molecule has 0 aromatic heterocycles. The summed E-state index contributed by atoms with van der Waals surface area (Å²) in [6.07, 6.45) is 0.884. The van der Waals surface area contributed by atoms with Gasteiger partial charge < -0.3 is 14.7 Å². The Kier molecular flexibility index (Phi) is 3.66. The summed E-state index contributed by atoms with van der Waals surface area (Å²) < 4.78 is 0. The third kappa shape index (κ3) is 2.77. The van der Waals surface area contributed by atoms with Gasteiger partial charge in [-0.3, -0.25) is 9.59 Å². The molecule has 2 aliphatic rings. The number of rotatable bonds is 2. The molecule has 0 aromatic rings. The van der Waals surface area contributed by atoms with Crippen LogP contribution in [-0.2, 0) is 9.59 Å². The van der Waals surface area contributed by atoms with Crippen LogP contribution in [-0.4, -0.2) is 72.8 Å². The SMILES string of the molecule is CC1CCN(CC(=O)N2CCN(C)CC2)C1=O. The highest BCUT2D eigenvalue weighted by atomic mass is 16.2. The first-order chi connectivity index (χ1) is 8.08. The molecule has 2 aliphatic heterocycles. The van der Waals surface area contributed by atoms with Gasteiger partial charge in [0, 0.05) is 38.6 Å². The van der Waals surface area contributed by atoms with Gasteiger partial charge in [-0.05, 0) is 13.5 Å². The lowest BCUT2D eigenvalue weighted by Crippen LogP contribution is -2.50. The zero-order valence-corrected chi connectivity index (χ0v) is 10.7. The number of hydrogen-bond donors (Lipinski definition) is 0. The molecule has 5 nitrogen and oxygen atoms in total. The summed E-state index contributed by atoms with van der Waals surface area (Å²) in [5.74, 6) is 0.323. The molecule has 0 aromatic carbocycles. The molecule has 0 N–H and O–H groups in total. The van der Waals surface area contributed by atoms with Crippen LogP contribution in [0.5, 0.6) is 0 Å². The van der Waals surface area contributed by atoms with Crippen molar-refractivity contribution in [1.82, 2.24) is 14.7 Å². The van der Waals surface area contributed by atoms with Crippen LogP contribution in [0.1, 0.15) is 13.3 Å². The van der Waals surface area contributed by atoms with E-state index in [1.54, 1.807) is 4.90 Å². The second kappa shape index (κ2) is 5.04. The van der Waals surface area contributed by atoms with Crippen LogP contribution in [0.4, 0.5) is 0 Å². The minimum Gasteiger partial charge on any atom is -0.339 e. The summed E-state index contributed by atoms with van der Waals surface area (Å²) in [7, 11) is 2.06. The second-order valence-electron chi connectivity index (χ2n) is 5.13. The van der Waals surface area contributed by atoms with Crippen molar-refractivity contribution < 1.29 is 9.59 Å². The Labute approximate surface area is 102 Å². The predicted octanol–water partition coefficient (Wildman–Crippen LogP) is -0.371. The van der Waals surface area contributed by atoms with Crippen LogP contribution in [0.3, 0.4) is 0 Å². The van der Waals surface area contributed by atoms with Gasteiger partial charge in [-0.1, -0.05) is 6.92 Å². The van der Waals surface area contributed by atoms with Gasteiger partial charge in [0.05, 0.1) is 6.54 Å². The van der Waals surface area contributed by atoms with Gasteiger partial charge in [0.1, 0.15) is 0 Å². The van der Waals surface area contributed by atoms with Crippen molar-refractivity contribution in [3.05, 3.63) is 0 Å². The molecule has 96 valence electrons. The summed E-state index contributed by atoms with van der Waals surface area (Å²) in [4.78, 5) is 29.5. The van der Waals surface area contributed by atoms with E-state index in [1.165, 1.54) is 0 Å². The summed E-state index contributed by atoms with van der Waals surface area (Å²) >= 11 is 0. The average molecular weight is 239 g/mol. The summed E-state index contributed by atoms with van der Waals surface area (Å²) in [6, 6.07) is 0. The Morgan fingerprint density at radius 1 is 1.24 bits per heavy atom. The lowest BCUT2D eigenvalue weighted by molar-refractivity contribution is -0.140. The zero-order valence-electron chi connectivity index (χ0n) is 10.7. The monoisotopic (exact) mass is 239 g/mol. The fourth-order valence-corrected chi connectivity index (χ4v) is 2.37. The third-order valence-electron chi connectivity index (χ3n) is 3.75. The van der Waals surface area contributed by atoms with Gasteiger partial charge in [-0.25, -0.2) is 0 Å². The maximum absolute atomic E-state index is 12.0. The highest BCUT2D eigenvalue weighted by Gasteiger charge is 2.30. The molecule has 1 unspecified atom stereocenters. The maximum atomic E-state index is 12.0. The molecule has 2 fully saturated rings. The largest absolute Gasteiger partial charge is 0.339 e. The van der Waals surface area contributed by atoms with Crippen LogP contribution in [0.25, 0.3) is 0 Å². The van der Waals surface area contributed by atoms with Crippen LogP contribution in [0.15, 0.2) is 0 Å². The van der Waals surface area contributed by atoms with Crippen LogP contribution >= 0.6 is 0 Å². The number of carbonyl (C=O) groups excluding carboxylic acids is 2. The van der Waals surface area contributed by atoms with Gasteiger partial charge in [0.25, 0.3) is 0 Å². The maximum Gasteiger partial charge on any atom is 0.242 e. The summed E-state index contributed by atoms with van der Waals surface area (Å²) in [5.41, 5.74) is 0. The van der Waals surface area contributed by atoms with E-state index in [0.29, 0.717) is 0 Å². The lowest BCUT2D eigenvalue weighted by atomic mass is 10.1. The van der Waals surface area contributed by atoms with E-state index in [4.69, 9.17) is 0 Å². The molecule has 17 heavy (non-hydrogen) atoms. The Morgan fingerprint density at radius 3 is 2.41 bits per heavy atom. The van der Waals surface area contributed by atoms with E-state index in [1.807, 2.05) is 11.8 Å². The first-order valence-corrected chi connectivity index (χ1v) is 6.33. The second-order valence-corrected chi connectivity index (χ2v) is 5.13. The molecule has 0 aliphatic carbocycles. The van der Waals surface area contributed by atoms with E-state index in [-0.39, 0.29) is 24.3 Å². The van der Waals surface area contributed by atoms with E-state index in [0.717, 1.165) is 39.1 Å². The zero-order chi connectivity index (χ0) is 12.4. The number of likely N-dealkylation sites (tertiary alicyclic amines) is 1. The van der Waals surface area contributed by atoms with E-state index in [9.17, 15) is 9.59 Å². The van der Waals surface area contributed by atoms with Crippen molar-refractivity contribution in [1.29, 1.82) is 0 Å². The fourth-order valence-electron chi connectivity index (χ4n) is 2.37. The molecule has 0 saturated carbocycles. The minimum absolute atomic E-state index is 0.0929. The standard InChI is InChI=1S/C12H21N3O2/c1-10-3-4-15(12(10)17)9-11(16)14-7-5-13(2)6-8-14/h10H,3-9H2,1-2H3. The van der Waals surface area contributed by atoms with Crippen molar-refractivity contribution in [2.45, 2.75) is 13.3 Å². The van der Waals surface area contributed by atoms with Gasteiger partial charge in [0.2, 0.25) is 11.8 Å². The Balaban J connectivity index is 1.83. The molecule has 2 amide bonds. The minimum atomic E-state index is 0.0929. The highest BCUT2D eigenvalue weighted by molar-refractivity contribution is 5.87. The highest BCUT2D eigenvalue weighted by Crippen LogP contribution is 2.16. The number of carbonyl (C=O) groups is 2. The molecule has 0 bridgehead atoms. The van der Waals surface area contributed by atoms with Crippen LogP contribution in [0, 0.1) is 5.92 Å². The lowest BCUT2D eigenvalue weighted by Gasteiger charge is -2.33. The number of likely N-dealkylation sites (N-methyl/N-ethyl adjacent to an activating group) is 1. The molecule has 5 heteroatoms. The summed E-state index contributed by atoms with van der Waals surface area (Å²) in [6.45, 7) is 6.36. The average Bonchev–Trinajstić information content (AvgIpc) is 2.62. The van der Waals surface area contributed by atoms with Crippen molar-refractivity contribution in [2.24, 2.45) is 5.92 Å². The summed E-state index contributed by atoms with van der Waals surface area (Å²) in [5, 5.41) is 0. The van der Waals surface area contributed by atoms with Crippen molar-refractivity contribution in [2.75, 3.05) is 46.3 Å². The molecule has 0 spiro atoms. The first kappa shape index (κ1) is 12.4. The van der Waals surface area contributed by atoms with Crippen LogP contribution in [0.2, 0.25) is 0 Å². The van der Waals surface area contributed by atoms with Crippen molar-refractivity contribution >= 4 is 11.8 Å². The molecular formula is C12H21N3O2. The molecule has 2 saturated heterocycles. The Bertz CT molecular complexity index is 311. The van der Waals surface area contributed by atoms with Crippen LogP contribution < -0.4 is 0 Å². The van der Waals surface area contributed by atoms with Gasteiger partial charge in [0.15, 0.2) is 0 Å². The molecule has 0 radical (unpaired) electrons. The van der Waals surface area contributed by atoms with Crippen molar-refractivity contribution in [3.8, 4) is 0 Å². The number of nitrogens with zero attached hydrogens (tertiary/aromatic N) is 3. The number of amides is 2. The Hall–Kier alpha value is -1.10. The molecule has 1 atom stereocenters. The number of piperazine rings is 1. The molecule has 2 heterocycles. The Morgan fingerprint density at radius 2 is 1.88 bits per heavy atom.